The van der Waals surface area contributed by atoms with Crippen LogP contribution in [0, 0.1) is 0 Å². The Hall–Kier alpha value is -3.62. The molecule has 9 heteroatoms. The molecule has 0 fully saturated rings. The third-order valence-corrected chi connectivity index (χ3v) is 6.95. The van der Waals surface area contributed by atoms with Crippen molar-refractivity contribution in [2.45, 2.75) is 4.90 Å². The van der Waals surface area contributed by atoms with E-state index in [-0.39, 0.29) is 22.0 Å². The van der Waals surface area contributed by atoms with Gasteiger partial charge >= 0.3 is 5.97 Å². The fourth-order valence-corrected chi connectivity index (χ4v) is 4.73. The van der Waals surface area contributed by atoms with Crippen LogP contribution in [0.2, 0.25) is 5.02 Å². The van der Waals surface area contributed by atoms with Gasteiger partial charge in [-0.25, -0.2) is 13.2 Å². The molecule has 0 saturated carbocycles. The Morgan fingerprint density at radius 2 is 1.71 bits per heavy atom. The van der Waals surface area contributed by atoms with Crippen LogP contribution in [0.25, 0.3) is 0 Å². The number of hydrogen-bond acceptors (Lipinski definition) is 6. The zero-order chi connectivity index (χ0) is 24.7. The molecule has 7 nitrogen and oxygen atoms in total. The maximum Gasteiger partial charge on any atom is 0.340 e. The number of anilines is 1. The molecule has 0 unspecified atom stereocenters. The number of para-hydroxylation sites is 1. The number of sulfonamides is 1. The van der Waals surface area contributed by atoms with Crippen LogP contribution < -0.4 is 9.04 Å². The summed E-state index contributed by atoms with van der Waals surface area (Å²) in [5.41, 5.74) is 0.599. The summed E-state index contributed by atoms with van der Waals surface area (Å²) in [7, 11) is -2.55. The smallest absolute Gasteiger partial charge is 0.340 e. The summed E-state index contributed by atoms with van der Waals surface area (Å²) < 4.78 is 38.0. The van der Waals surface area contributed by atoms with Gasteiger partial charge in [0.15, 0.2) is 12.4 Å². The third kappa shape index (κ3) is 5.65. The average Bonchev–Trinajstić information content (AvgIpc) is 2.86. The second kappa shape index (κ2) is 11.0. The van der Waals surface area contributed by atoms with E-state index in [9.17, 15) is 18.0 Å². The molecule has 0 aromatic heterocycles. The third-order valence-electron chi connectivity index (χ3n) is 4.83. The molecule has 3 aromatic rings. The summed E-state index contributed by atoms with van der Waals surface area (Å²) in [6.45, 7) is 3.11. The Morgan fingerprint density at radius 3 is 2.32 bits per heavy atom. The van der Waals surface area contributed by atoms with Crippen molar-refractivity contribution in [3.8, 4) is 5.75 Å². The first-order valence-corrected chi connectivity index (χ1v) is 11.9. The maximum absolute atomic E-state index is 13.3. The van der Waals surface area contributed by atoms with Crippen LogP contribution in [0.5, 0.6) is 5.75 Å². The number of carbonyl (C=O) groups excluding carboxylic acids is 2. The minimum Gasteiger partial charge on any atom is -0.497 e. The Morgan fingerprint density at radius 1 is 1.03 bits per heavy atom. The Bertz CT molecular complexity index is 1290. The van der Waals surface area contributed by atoms with Crippen LogP contribution in [0.1, 0.15) is 20.7 Å². The Balaban J connectivity index is 1.82. The van der Waals surface area contributed by atoms with E-state index in [1.54, 1.807) is 54.6 Å². The molecule has 0 N–H and O–H groups in total. The van der Waals surface area contributed by atoms with Gasteiger partial charge in [0.2, 0.25) is 0 Å². The molecule has 34 heavy (non-hydrogen) atoms. The Kier molecular flexibility index (Phi) is 8.09. The quantitative estimate of drug-likeness (QED) is 0.227. The minimum atomic E-state index is -4.05. The standard InChI is InChI=1S/C25H22ClNO6S/c1-3-15-27(19-7-5-4-6-8-19)34(30,31)21-13-14-23(26)22(16-21)25(29)33-17-24(28)18-9-11-20(32-2)12-10-18/h3-14,16H,1,15,17H2,2H3. The second-order valence-electron chi connectivity index (χ2n) is 7.03. The molecule has 3 aromatic carbocycles. The molecule has 0 radical (unpaired) electrons. The Labute approximate surface area is 203 Å². The highest BCUT2D eigenvalue weighted by Gasteiger charge is 2.26. The van der Waals surface area contributed by atoms with Crippen molar-refractivity contribution in [2.75, 3.05) is 24.6 Å². The zero-order valence-corrected chi connectivity index (χ0v) is 19.9. The maximum atomic E-state index is 13.3. The summed E-state index contributed by atoms with van der Waals surface area (Å²) in [4.78, 5) is 24.8. The molecule has 176 valence electrons. The lowest BCUT2D eigenvalue weighted by atomic mass is 10.1. The van der Waals surface area contributed by atoms with Crippen LogP contribution in [0.4, 0.5) is 5.69 Å². The van der Waals surface area contributed by atoms with E-state index in [4.69, 9.17) is 21.1 Å². The molecular weight excluding hydrogens is 478 g/mol. The molecule has 0 aliphatic heterocycles. The van der Waals surface area contributed by atoms with Crippen molar-refractivity contribution in [1.29, 1.82) is 0 Å². The van der Waals surface area contributed by atoms with Crippen molar-refractivity contribution in [3.63, 3.8) is 0 Å². The summed E-state index contributed by atoms with van der Waals surface area (Å²) in [6, 6.07) is 18.6. The highest BCUT2D eigenvalue weighted by atomic mass is 35.5. The number of hydrogen-bond donors (Lipinski definition) is 0. The van der Waals surface area contributed by atoms with E-state index in [1.807, 2.05) is 0 Å². The molecule has 0 bridgehead atoms. The van der Waals surface area contributed by atoms with Crippen LogP contribution in [0.3, 0.4) is 0 Å². The highest BCUT2D eigenvalue weighted by Crippen LogP contribution is 2.27. The van der Waals surface area contributed by atoms with E-state index < -0.39 is 28.4 Å². The lowest BCUT2D eigenvalue weighted by Gasteiger charge is -2.23. The monoisotopic (exact) mass is 499 g/mol. The van der Waals surface area contributed by atoms with Gasteiger partial charge in [0.1, 0.15) is 5.75 Å². The molecule has 0 spiro atoms. The molecular formula is C25H22ClNO6S. The SMILES string of the molecule is C=CCN(c1ccccc1)S(=O)(=O)c1ccc(Cl)c(C(=O)OCC(=O)c2ccc(OC)cc2)c1. The molecule has 0 saturated heterocycles. The van der Waals surface area contributed by atoms with E-state index in [0.29, 0.717) is 17.0 Å². The van der Waals surface area contributed by atoms with E-state index in [1.165, 1.54) is 25.3 Å². The van der Waals surface area contributed by atoms with Gasteiger partial charge in [-0.3, -0.25) is 9.10 Å². The van der Waals surface area contributed by atoms with Crippen LogP contribution >= 0.6 is 11.6 Å². The number of Topliss-reactive ketones (excluding diaryl/α,β-unsaturated/α-hetero) is 1. The number of ketones is 1. The van der Waals surface area contributed by atoms with Gasteiger partial charge < -0.3 is 9.47 Å². The van der Waals surface area contributed by atoms with Gasteiger partial charge in [-0.15, -0.1) is 6.58 Å². The van der Waals surface area contributed by atoms with Crippen molar-refractivity contribution < 1.29 is 27.5 Å². The number of ether oxygens (including phenoxy) is 2. The van der Waals surface area contributed by atoms with Crippen LogP contribution in [-0.2, 0) is 14.8 Å². The van der Waals surface area contributed by atoms with Crippen LogP contribution in [0.15, 0.2) is 90.3 Å². The lowest BCUT2D eigenvalue weighted by Crippen LogP contribution is -2.31. The summed E-state index contributed by atoms with van der Waals surface area (Å²) >= 11 is 6.14. The number of benzene rings is 3. The molecule has 3 rings (SSSR count). The number of rotatable bonds is 10. The first kappa shape index (κ1) is 25.0. The predicted molar refractivity (Wildman–Crippen MR) is 130 cm³/mol. The number of nitrogens with zero attached hydrogens (tertiary/aromatic N) is 1. The minimum absolute atomic E-state index is 0.00386. The number of esters is 1. The largest absolute Gasteiger partial charge is 0.497 e. The van der Waals surface area contributed by atoms with E-state index >= 15 is 0 Å². The highest BCUT2D eigenvalue weighted by molar-refractivity contribution is 7.92. The van der Waals surface area contributed by atoms with Crippen molar-refractivity contribution >= 4 is 39.1 Å². The molecule has 0 aliphatic rings. The van der Waals surface area contributed by atoms with E-state index in [0.717, 1.165) is 10.4 Å². The lowest BCUT2D eigenvalue weighted by molar-refractivity contribution is 0.0474. The van der Waals surface area contributed by atoms with Gasteiger partial charge in [0.05, 0.1) is 34.8 Å². The number of methoxy groups -OCH3 is 1. The molecule has 0 aliphatic carbocycles. The average molecular weight is 500 g/mol. The molecule has 0 heterocycles. The van der Waals surface area contributed by atoms with Gasteiger partial charge in [-0.1, -0.05) is 35.9 Å². The van der Waals surface area contributed by atoms with Crippen LogP contribution in [-0.4, -0.2) is 40.4 Å². The topological polar surface area (TPSA) is 90.0 Å². The fraction of sp³-hybridized carbons (Fsp3) is 0.120. The summed E-state index contributed by atoms with van der Waals surface area (Å²) in [5.74, 6) is -0.768. The first-order valence-electron chi connectivity index (χ1n) is 10.1. The number of halogens is 1. The zero-order valence-electron chi connectivity index (χ0n) is 18.3. The van der Waals surface area contributed by atoms with Gasteiger partial charge in [-0.2, -0.15) is 0 Å². The van der Waals surface area contributed by atoms with E-state index in [2.05, 4.69) is 6.58 Å². The molecule has 0 atom stereocenters. The van der Waals surface area contributed by atoms with Gasteiger partial charge in [0.25, 0.3) is 10.0 Å². The summed E-state index contributed by atoms with van der Waals surface area (Å²) in [5, 5.41) is -0.00386. The van der Waals surface area contributed by atoms with Gasteiger partial charge in [-0.05, 0) is 54.6 Å². The first-order chi connectivity index (χ1) is 16.3. The second-order valence-corrected chi connectivity index (χ2v) is 9.30. The van der Waals surface area contributed by atoms with Crippen molar-refractivity contribution in [2.24, 2.45) is 0 Å². The normalized spacial score (nSPS) is 10.9. The van der Waals surface area contributed by atoms with Crippen molar-refractivity contribution in [3.05, 3.63) is 102 Å². The summed E-state index contributed by atoms with van der Waals surface area (Å²) in [6.07, 6.45) is 1.46. The molecule has 0 amide bonds. The fourth-order valence-electron chi connectivity index (χ4n) is 3.07. The number of carbonyl (C=O) groups is 2. The predicted octanol–water partition coefficient (Wildman–Crippen LogP) is 4.77. The van der Waals surface area contributed by atoms with Gasteiger partial charge in [0, 0.05) is 5.56 Å². The van der Waals surface area contributed by atoms with Crippen molar-refractivity contribution in [1.82, 2.24) is 0 Å².